The quantitative estimate of drug-likeness (QED) is 0.400. The number of nitrogens with zero attached hydrogens (tertiary/aromatic N) is 4. The van der Waals surface area contributed by atoms with Crippen LogP contribution in [0.1, 0.15) is 41.1 Å². The fourth-order valence-electron chi connectivity index (χ4n) is 3.18. The highest BCUT2D eigenvalue weighted by Crippen LogP contribution is 2.26. The van der Waals surface area contributed by atoms with E-state index in [0.717, 1.165) is 23.0 Å². The van der Waals surface area contributed by atoms with Crippen molar-refractivity contribution in [1.82, 2.24) is 19.7 Å². The molecule has 0 saturated carbocycles. The fraction of sp³-hybridized carbons (Fsp3) is 0.318. The molecule has 5 nitrogen and oxygen atoms in total. The van der Waals surface area contributed by atoms with Crippen molar-refractivity contribution in [2.45, 2.75) is 31.1 Å². The number of carbonyl (C=O) groups excluding carboxylic acids is 1. The average Bonchev–Trinajstić information content (AvgIpc) is 3.10. The molecule has 0 N–H and O–H groups in total. The second-order valence-electron chi connectivity index (χ2n) is 6.88. The fourth-order valence-corrected chi connectivity index (χ4v) is 4.02. The number of hydrogen-bond acceptors (Lipinski definition) is 5. The zero-order valence-corrected chi connectivity index (χ0v) is 17.4. The number of aromatic nitrogens is 3. The normalized spacial score (nSPS) is 12.3. The molecule has 1 atom stereocenters. The molecule has 28 heavy (non-hydrogen) atoms. The Morgan fingerprint density at radius 1 is 1.04 bits per heavy atom. The van der Waals surface area contributed by atoms with Gasteiger partial charge < -0.3 is 4.57 Å². The van der Waals surface area contributed by atoms with Crippen LogP contribution in [-0.2, 0) is 6.54 Å². The lowest BCUT2D eigenvalue weighted by atomic mass is 10.2. The summed E-state index contributed by atoms with van der Waals surface area (Å²) in [6, 6.07) is 19.8. The molecule has 3 aromatic rings. The van der Waals surface area contributed by atoms with Crippen molar-refractivity contribution >= 4 is 17.5 Å². The Morgan fingerprint density at radius 3 is 2.29 bits per heavy atom. The van der Waals surface area contributed by atoms with Crippen molar-refractivity contribution in [3.05, 3.63) is 77.6 Å². The Bertz CT molecular complexity index is 893. The van der Waals surface area contributed by atoms with Crippen molar-refractivity contribution in [1.29, 1.82) is 0 Å². The molecule has 146 valence electrons. The number of benzene rings is 2. The minimum absolute atomic E-state index is 0.0982. The van der Waals surface area contributed by atoms with Gasteiger partial charge in [0.2, 0.25) is 0 Å². The van der Waals surface area contributed by atoms with Crippen molar-refractivity contribution < 1.29 is 4.79 Å². The molecule has 0 fully saturated rings. The van der Waals surface area contributed by atoms with Crippen LogP contribution in [0.4, 0.5) is 0 Å². The number of rotatable bonds is 9. The molecule has 0 radical (unpaired) electrons. The predicted molar refractivity (Wildman–Crippen MR) is 114 cm³/mol. The lowest BCUT2D eigenvalue weighted by molar-refractivity contribution is 0.102. The molecule has 0 spiro atoms. The summed E-state index contributed by atoms with van der Waals surface area (Å²) in [5.74, 6) is 1.38. The van der Waals surface area contributed by atoms with Crippen LogP contribution in [-0.4, -0.2) is 45.3 Å². The lowest BCUT2D eigenvalue weighted by Crippen LogP contribution is -2.23. The first-order chi connectivity index (χ1) is 13.6. The summed E-state index contributed by atoms with van der Waals surface area (Å²) < 4.78 is 2.15. The van der Waals surface area contributed by atoms with E-state index in [2.05, 4.69) is 52.8 Å². The van der Waals surface area contributed by atoms with E-state index in [9.17, 15) is 4.79 Å². The molecule has 6 heteroatoms. The molecule has 2 aromatic carbocycles. The first-order valence-electron chi connectivity index (χ1n) is 9.44. The van der Waals surface area contributed by atoms with Crippen LogP contribution >= 0.6 is 11.8 Å². The second-order valence-corrected chi connectivity index (χ2v) is 7.82. The summed E-state index contributed by atoms with van der Waals surface area (Å²) in [6.45, 7) is 2.84. The van der Waals surface area contributed by atoms with Gasteiger partial charge in [0, 0.05) is 5.56 Å². The summed E-state index contributed by atoms with van der Waals surface area (Å²) in [4.78, 5) is 14.7. The number of hydrogen-bond donors (Lipinski definition) is 0. The number of carbonyl (C=O) groups is 1. The lowest BCUT2D eigenvalue weighted by Gasteiger charge is -2.23. The molecule has 3 rings (SSSR count). The maximum Gasteiger partial charge on any atom is 0.192 e. The Morgan fingerprint density at radius 2 is 1.68 bits per heavy atom. The van der Waals surface area contributed by atoms with E-state index in [-0.39, 0.29) is 11.8 Å². The standard InChI is InChI=1S/C22H26N4OS/c1-4-19(25(2)3)21-23-24-22(26(21)15-17-11-7-5-8-12-17)28-16-20(27)18-13-9-6-10-14-18/h5-14,19H,4,15-16H2,1-3H3/t19-/m1/s1. The molecule has 0 unspecified atom stereocenters. The van der Waals surface area contributed by atoms with Crippen molar-refractivity contribution in [2.75, 3.05) is 19.8 Å². The van der Waals surface area contributed by atoms with Gasteiger partial charge in [0.25, 0.3) is 0 Å². The van der Waals surface area contributed by atoms with E-state index >= 15 is 0 Å². The third-order valence-corrected chi connectivity index (χ3v) is 5.63. The molecule has 1 heterocycles. The Kier molecular flexibility index (Phi) is 7.01. The first kappa shape index (κ1) is 20.3. The summed E-state index contributed by atoms with van der Waals surface area (Å²) >= 11 is 1.45. The van der Waals surface area contributed by atoms with Crippen LogP contribution in [0.2, 0.25) is 0 Å². The summed E-state index contributed by atoms with van der Waals surface area (Å²) in [6.07, 6.45) is 0.938. The molecule has 0 aliphatic carbocycles. The Hall–Kier alpha value is -2.44. The maximum atomic E-state index is 12.5. The smallest absolute Gasteiger partial charge is 0.192 e. The van der Waals surface area contributed by atoms with Gasteiger partial charge in [0.1, 0.15) is 0 Å². The molecule has 0 saturated heterocycles. The number of thioether (sulfide) groups is 1. The molecular weight excluding hydrogens is 368 g/mol. The monoisotopic (exact) mass is 394 g/mol. The largest absolute Gasteiger partial charge is 0.300 e. The van der Waals surface area contributed by atoms with Crippen LogP contribution in [0.5, 0.6) is 0 Å². The predicted octanol–water partition coefficient (Wildman–Crippen LogP) is 4.31. The van der Waals surface area contributed by atoms with Crippen LogP contribution < -0.4 is 0 Å². The average molecular weight is 395 g/mol. The zero-order valence-electron chi connectivity index (χ0n) is 16.6. The molecule has 0 aliphatic heterocycles. The van der Waals surface area contributed by atoms with Crippen LogP contribution in [0, 0.1) is 0 Å². The topological polar surface area (TPSA) is 51.0 Å². The SMILES string of the molecule is CC[C@H](c1nnc(SCC(=O)c2ccccc2)n1Cc1ccccc1)N(C)C. The third-order valence-electron chi connectivity index (χ3n) is 4.67. The van der Waals surface area contributed by atoms with E-state index in [1.54, 1.807) is 0 Å². The minimum atomic E-state index is 0.0982. The van der Waals surface area contributed by atoms with Gasteiger partial charge in [0.05, 0.1) is 18.3 Å². The highest BCUT2D eigenvalue weighted by molar-refractivity contribution is 7.99. The van der Waals surface area contributed by atoms with Crippen molar-refractivity contribution in [3.63, 3.8) is 0 Å². The molecule has 1 aromatic heterocycles. The Balaban J connectivity index is 1.85. The van der Waals surface area contributed by atoms with Gasteiger partial charge in [-0.15, -0.1) is 10.2 Å². The zero-order chi connectivity index (χ0) is 19.9. The van der Waals surface area contributed by atoms with Gasteiger partial charge in [-0.05, 0) is 26.1 Å². The van der Waals surface area contributed by atoms with E-state index in [1.807, 2.05) is 48.5 Å². The molecule has 0 amide bonds. The van der Waals surface area contributed by atoms with E-state index in [4.69, 9.17) is 0 Å². The van der Waals surface area contributed by atoms with Crippen LogP contribution in [0.25, 0.3) is 0 Å². The highest BCUT2D eigenvalue weighted by atomic mass is 32.2. The van der Waals surface area contributed by atoms with Crippen molar-refractivity contribution in [2.24, 2.45) is 0 Å². The number of Topliss-reactive ketones (excluding diaryl/α,β-unsaturated/α-hetero) is 1. The van der Waals surface area contributed by atoms with Crippen LogP contribution in [0.3, 0.4) is 0 Å². The van der Waals surface area contributed by atoms with Gasteiger partial charge in [-0.1, -0.05) is 79.3 Å². The third kappa shape index (κ3) is 4.88. The number of ketones is 1. The van der Waals surface area contributed by atoms with Gasteiger partial charge in [0.15, 0.2) is 16.8 Å². The molecule has 0 aliphatic rings. The van der Waals surface area contributed by atoms with Gasteiger partial charge in [-0.2, -0.15) is 0 Å². The van der Waals surface area contributed by atoms with E-state index < -0.39 is 0 Å². The van der Waals surface area contributed by atoms with Gasteiger partial charge >= 0.3 is 0 Å². The Labute approximate surface area is 170 Å². The van der Waals surface area contributed by atoms with E-state index in [0.29, 0.717) is 12.3 Å². The molecule has 0 bridgehead atoms. The maximum absolute atomic E-state index is 12.5. The van der Waals surface area contributed by atoms with Gasteiger partial charge in [-0.25, -0.2) is 0 Å². The summed E-state index contributed by atoms with van der Waals surface area (Å²) in [5.41, 5.74) is 1.91. The van der Waals surface area contributed by atoms with E-state index in [1.165, 1.54) is 17.3 Å². The van der Waals surface area contributed by atoms with Gasteiger partial charge in [-0.3, -0.25) is 9.69 Å². The summed E-state index contributed by atoms with van der Waals surface area (Å²) in [5, 5.41) is 9.70. The second kappa shape index (κ2) is 9.66. The van der Waals surface area contributed by atoms with Crippen LogP contribution in [0.15, 0.2) is 65.8 Å². The highest BCUT2D eigenvalue weighted by Gasteiger charge is 2.22. The minimum Gasteiger partial charge on any atom is -0.300 e. The summed E-state index contributed by atoms with van der Waals surface area (Å²) in [7, 11) is 4.11. The van der Waals surface area contributed by atoms with Crippen molar-refractivity contribution in [3.8, 4) is 0 Å². The first-order valence-corrected chi connectivity index (χ1v) is 10.4. The molecular formula is C22H26N4OS.